The van der Waals surface area contributed by atoms with Crippen molar-refractivity contribution >= 4 is 33.0 Å². The lowest BCUT2D eigenvalue weighted by atomic mass is 9.98. The minimum atomic E-state index is -1.57. The Labute approximate surface area is 151 Å². The first-order valence-electron chi connectivity index (χ1n) is 7.05. The molecule has 1 atom stereocenters. The van der Waals surface area contributed by atoms with E-state index in [1.807, 2.05) is 6.07 Å². The van der Waals surface area contributed by atoms with Gasteiger partial charge in [-0.1, -0.05) is 16.5 Å². The van der Waals surface area contributed by atoms with Crippen molar-refractivity contribution < 1.29 is 8.94 Å². The van der Waals surface area contributed by atoms with E-state index in [4.69, 9.17) is 0 Å². The van der Waals surface area contributed by atoms with E-state index in [1.165, 1.54) is 12.1 Å². The van der Waals surface area contributed by atoms with Crippen molar-refractivity contribution in [2.75, 3.05) is 0 Å². The summed E-state index contributed by atoms with van der Waals surface area (Å²) in [5.74, 6) is -0.641. The van der Waals surface area contributed by atoms with Crippen molar-refractivity contribution in [3.63, 3.8) is 0 Å². The summed E-state index contributed by atoms with van der Waals surface area (Å²) >= 11 is 1.71. The highest BCUT2D eigenvalue weighted by atomic mass is 79.9. The van der Waals surface area contributed by atoms with E-state index in [0.29, 0.717) is 21.4 Å². The third-order valence-corrected chi connectivity index (χ3v) is 4.91. The van der Waals surface area contributed by atoms with E-state index >= 15 is 0 Å². The maximum atomic E-state index is 14.0. The Kier molecular flexibility index (Phi) is 5.75. The molecule has 1 heterocycles. The van der Waals surface area contributed by atoms with E-state index in [9.17, 15) is 14.2 Å². The van der Waals surface area contributed by atoms with Gasteiger partial charge in [0.25, 0.3) is 0 Å². The Morgan fingerprint density at radius 1 is 1.38 bits per heavy atom. The molecule has 0 bridgehead atoms. The number of halogens is 2. The van der Waals surface area contributed by atoms with Gasteiger partial charge in [0.2, 0.25) is 0 Å². The molecule has 0 amide bonds. The molecule has 24 heavy (non-hydrogen) atoms. The normalized spacial score (nSPS) is 13.5. The van der Waals surface area contributed by atoms with Gasteiger partial charge in [0.15, 0.2) is 0 Å². The topological polar surface area (TPSA) is 72.1 Å². The fourth-order valence-electron chi connectivity index (χ4n) is 1.86. The Morgan fingerprint density at radius 3 is 2.67 bits per heavy atom. The van der Waals surface area contributed by atoms with Gasteiger partial charge in [0.05, 0.1) is 5.56 Å². The molecule has 124 valence electrons. The fourth-order valence-corrected chi connectivity index (χ4v) is 2.87. The molecule has 2 rings (SSSR count). The molecule has 0 N–H and O–H groups in total. The zero-order valence-electron chi connectivity index (χ0n) is 13.4. The molecule has 0 aliphatic rings. The predicted octanol–water partition coefficient (Wildman–Crippen LogP) is 4.15. The molecule has 1 unspecified atom stereocenters. The Morgan fingerprint density at radius 2 is 2.08 bits per heavy atom. The number of nitrogens with zero attached hydrogens (tertiary/aromatic N) is 3. The second-order valence-electron chi connectivity index (χ2n) is 5.94. The lowest BCUT2D eigenvalue weighted by Crippen LogP contribution is -2.27. The molecule has 0 spiro atoms. The van der Waals surface area contributed by atoms with Gasteiger partial charge < -0.3 is 4.55 Å². The van der Waals surface area contributed by atoms with Crippen LogP contribution in [-0.2, 0) is 11.4 Å². The quantitative estimate of drug-likeness (QED) is 0.435. The van der Waals surface area contributed by atoms with Crippen LogP contribution in [0.2, 0.25) is 0 Å². The average molecular weight is 408 g/mol. The summed E-state index contributed by atoms with van der Waals surface area (Å²) in [6.45, 7) is 5.39. The molecule has 1 aromatic heterocycles. The summed E-state index contributed by atoms with van der Waals surface area (Å²) in [6.07, 6.45) is 1.56. The second-order valence-corrected chi connectivity index (χ2v) is 8.66. The lowest BCUT2D eigenvalue weighted by Gasteiger charge is -2.20. The first kappa shape index (κ1) is 18.6. The maximum Gasteiger partial charge on any atom is 0.144 e. The average Bonchev–Trinajstić information content (AvgIpc) is 2.51. The van der Waals surface area contributed by atoms with Crippen LogP contribution < -0.4 is 0 Å². The van der Waals surface area contributed by atoms with Gasteiger partial charge in [-0.05, 0) is 54.9 Å². The number of nitriles is 1. The van der Waals surface area contributed by atoms with Crippen molar-refractivity contribution in [1.29, 1.82) is 5.26 Å². The van der Waals surface area contributed by atoms with Gasteiger partial charge in [-0.15, -0.1) is 0 Å². The SMILES string of the molecule is CC(C)(C)[S+]([O-])/N=C(\c1ccnc(Br)c1)c1cccc(F)c1C#N. The highest BCUT2D eigenvalue weighted by molar-refractivity contribution is 9.10. The first-order valence-corrected chi connectivity index (χ1v) is 8.95. The first-order chi connectivity index (χ1) is 11.2. The van der Waals surface area contributed by atoms with Crippen LogP contribution in [0.3, 0.4) is 0 Å². The Hall–Kier alpha value is -1.75. The van der Waals surface area contributed by atoms with Gasteiger partial charge >= 0.3 is 0 Å². The molecule has 0 fully saturated rings. The summed E-state index contributed by atoms with van der Waals surface area (Å²) in [7, 11) is 0. The molecule has 0 radical (unpaired) electrons. The number of pyridine rings is 1. The van der Waals surface area contributed by atoms with Crippen LogP contribution in [0.5, 0.6) is 0 Å². The molecule has 0 aliphatic heterocycles. The minimum Gasteiger partial charge on any atom is -0.591 e. The monoisotopic (exact) mass is 407 g/mol. The largest absolute Gasteiger partial charge is 0.591 e. The maximum absolute atomic E-state index is 14.0. The standard InChI is InChI=1S/C17H15BrFN3OS/c1-17(2,3)24(23)22-16(11-7-8-21-15(18)9-11)12-5-4-6-14(19)13(12)10-20/h4-9H,1-3H3/b22-16+. The van der Waals surface area contributed by atoms with E-state index in [0.717, 1.165) is 0 Å². The third-order valence-electron chi connectivity index (χ3n) is 3.08. The summed E-state index contributed by atoms with van der Waals surface area (Å²) < 4.78 is 30.8. The van der Waals surface area contributed by atoms with E-state index in [2.05, 4.69) is 25.3 Å². The van der Waals surface area contributed by atoms with Crippen molar-refractivity contribution in [3.8, 4) is 6.07 Å². The smallest absolute Gasteiger partial charge is 0.144 e. The highest BCUT2D eigenvalue weighted by Gasteiger charge is 2.29. The molecule has 7 heteroatoms. The predicted molar refractivity (Wildman–Crippen MR) is 96.6 cm³/mol. The van der Waals surface area contributed by atoms with Gasteiger partial charge in [0.1, 0.15) is 38.3 Å². The van der Waals surface area contributed by atoms with E-state index in [1.54, 1.807) is 45.2 Å². The van der Waals surface area contributed by atoms with Crippen molar-refractivity contribution in [2.45, 2.75) is 25.5 Å². The zero-order valence-corrected chi connectivity index (χ0v) is 15.8. The Bertz CT molecular complexity index is 827. The highest BCUT2D eigenvalue weighted by Crippen LogP contribution is 2.24. The third kappa shape index (κ3) is 4.20. The minimum absolute atomic E-state index is 0.130. The summed E-state index contributed by atoms with van der Waals surface area (Å²) in [5.41, 5.74) is 1.06. The van der Waals surface area contributed by atoms with Crippen LogP contribution in [0.25, 0.3) is 0 Å². The lowest BCUT2D eigenvalue weighted by molar-refractivity contribution is 0.561. The van der Waals surface area contributed by atoms with E-state index < -0.39 is 21.9 Å². The Balaban J connectivity index is 2.72. The van der Waals surface area contributed by atoms with Gasteiger partial charge in [-0.3, -0.25) is 0 Å². The number of rotatable bonds is 3. The van der Waals surface area contributed by atoms with Crippen molar-refractivity contribution in [1.82, 2.24) is 4.98 Å². The number of hydrogen-bond acceptors (Lipinski definition) is 4. The molecule has 0 aliphatic carbocycles. The van der Waals surface area contributed by atoms with Crippen LogP contribution in [0.4, 0.5) is 4.39 Å². The van der Waals surface area contributed by atoms with Crippen LogP contribution in [-0.4, -0.2) is 20.0 Å². The molecule has 2 aromatic rings. The van der Waals surface area contributed by atoms with Crippen LogP contribution in [0.15, 0.2) is 45.5 Å². The molecule has 0 saturated carbocycles. The van der Waals surface area contributed by atoms with Gasteiger partial charge in [-0.25, -0.2) is 9.37 Å². The summed E-state index contributed by atoms with van der Waals surface area (Å²) in [4.78, 5) is 4.05. The molecule has 4 nitrogen and oxygen atoms in total. The van der Waals surface area contributed by atoms with Crippen LogP contribution >= 0.6 is 15.9 Å². The molecular formula is C17H15BrFN3OS. The van der Waals surface area contributed by atoms with Crippen molar-refractivity contribution in [2.24, 2.45) is 4.40 Å². The van der Waals surface area contributed by atoms with E-state index in [-0.39, 0.29) is 5.56 Å². The van der Waals surface area contributed by atoms with Crippen LogP contribution in [0.1, 0.15) is 37.5 Å². The summed E-state index contributed by atoms with van der Waals surface area (Å²) in [6, 6.07) is 9.52. The number of benzene rings is 1. The van der Waals surface area contributed by atoms with Crippen LogP contribution in [0, 0.1) is 17.1 Å². The zero-order chi connectivity index (χ0) is 17.9. The second kappa shape index (κ2) is 7.43. The molecule has 1 aromatic carbocycles. The van der Waals surface area contributed by atoms with Gasteiger partial charge in [0, 0.05) is 17.3 Å². The summed E-state index contributed by atoms with van der Waals surface area (Å²) in [5, 5.41) is 9.30. The number of hydrogen-bond donors (Lipinski definition) is 0. The number of aromatic nitrogens is 1. The molecular weight excluding hydrogens is 393 g/mol. The van der Waals surface area contributed by atoms with Crippen molar-refractivity contribution in [3.05, 3.63) is 63.6 Å². The van der Waals surface area contributed by atoms with Gasteiger partial charge in [-0.2, -0.15) is 5.26 Å². The molecule has 0 saturated heterocycles. The fraction of sp³-hybridized carbons (Fsp3) is 0.235.